The number of thiophene rings is 1. The number of rotatable bonds is 5. The van der Waals surface area contributed by atoms with Gasteiger partial charge >= 0.3 is 6.09 Å². The van der Waals surface area contributed by atoms with Crippen molar-refractivity contribution in [3.63, 3.8) is 0 Å². The van der Waals surface area contributed by atoms with E-state index in [0.29, 0.717) is 34.5 Å². The molecule has 2 N–H and O–H groups in total. The fourth-order valence-electron chi connectivity index (χ4n) is 3.63. The predicted molar refractivity (Wildman–Crippen MR) is 128 cm³/mol. The number of nitrogens with one attached hydrogen (secondary N) is 2. The second kappa shape index (κ2) is 9.29. The first-order chi connectivity index (χ1) is 15.2. The Labute approximate surface area is 200 Å². The van der Waals surface area contributed by atoms with Gasteiger partial charge in [0.15, 0.2) is 0 Å². The number of amides is 1. The molecule has 7 nitrogen and oxygen atoms in total. The van der Waals surface area contributed by atoms with Gasteiger partial charge < -0.3 is 19.8 Å². The standard InChI is InChI=1S/C22H24Cl2N4O3S/c1-22(2,3)31-21(29)27-13-7-5-4-6-12(13)19-17(24)18-20(32-19)14(10-15(23)28-18)26-11-16-25-8-9-30-16/h4-5,8-10,12-13H,6-7,11H2,1-3H3,(H,26,28)(H,27,29)/t12-,13-/m0/s1. The Hall–Kier alpha value is -2.29. The van der Waals surface area contributed by atoms with Crippen LogP contribution in [0, 0.1) is 0 Å². The third-order valence-corrected chi connectivity index (χ3v) is 7.00. The lowest BCUT2D eigenvalue weighted by Crippen LogP contribution is -2.42. The summed E-state index contributed by atoms with van der Waals surface area (Å²) in [7, 11) is 0. The molecule has 0 saturated carbocycles. The summed E-state index contributed by atoms with van der Waals surface area (Å²) in [6.07, 6.45) is 8.31. The van der Waals surface area contributed by atoms with Crippen LogP contribution in [0.25, 0.3) is 10.2 Å². The van der Waals surface area contributed by atoms with Gasteiger partial charge in [0.2, 0.25) is 5.89 Å². The smallest absolute Gasteiger partial charge is 0.407 e. The summed E-state index contributed by atoms with van der Waals surface area (Å²) in [6.45, 7) is 5.93. The van der Waals surface area contributed by atoms with Crippen molar-refractivity contribution in [1.82, 2.24) is 15.3 Å². The maximum atomic E-state index is 12.4. The topological polar surface area (TPSA) is 89.3 Å². The van der Waals surface area contributed by atoms with Crippen LogP contribution in [0.15, 0.2) is 35.1 Å². The van der Waals surface area contributed by atoms with E-state index in [1.54, 1.807) is 23.6 Å². The van der Waals surface area contributed by atoms with Crippen molar-refractivity contribution in [2.45, 2.75) is 57.7 Å². The summed E-state index contributed by atoms with van der Waals surface area (Å²) in [6, 6.07) is 1.63. The van der Waals surface area contributed by atoms with Gasteiger partial charge in [-0.05, 0) is 33.6 Å². The Morgan fingerprint density at radius 2 is 2.09 bits per heavy atom. The van der Waals surface area contributed by atoms with E-state index in [4.69, 9.17) is 32.4 Å². The normalized spacial score (nSPS) is 18.7. The minimum atomic E-state index is -0.566. The third kappa shape index (κ3) is 5.19. The number of anilines is 1. The van der Waals surface area contributed by atoms with Crippen LogP contribution in [0.3, 0.4) is 0 Å². The number of pyridine rings is 1. The van der Waals surface area contributed by atoms with E-state index in [2.05, 4.69) is 32.8 Å². The minimum absolute atomic E-state index is 0.00224. The number of carbonyl (C=O) groups is 1. The van der Waals surface area contributed by atoms with Crippen LogP contribution in [0.2, 0.25) is 10.2 Å². The molecule has 0 bridgehead atoms. The summed E-state index contributed by atoms with van der Waals surface area (Å²) < 4.78 is 11.7. The second-order valence-electron chi connectivity index (χ2n) is 8.53. The van der Waals surface area contributed by atoms with E-state index in [-0.39, 0.29) is 12.0 Å². The number of nitrogens with zero attached hydrogens (tertiary/aromatic N) is 2. The van der Waals surface area contributed by atoms with Gasteiger partial charge in [-0.2, -0.15) is 0 Å². The SMILES string of the molecule is CC(C)(C)OC(=O)N[C@H]1CC=CC[C@@H]1c1sc2c(NCc3ncco3)cc(Cl)nc2c1Cl. The quantitative estimate of drug-likeness (QED) is 0.309. The van der Waals surface area contributed by atoms with Crippen molar-refractivity contribution in [3.8, 4) is 0 Å². The lowest BCUT2D eigenvalue weighted by atomic mass is 9.88. The first-order valence-corrected chi connectivity index (χ1v) is 11.8. The van der Waals surface area contributed by atoms with Gasteiger partial charge in [-0.15, -0.1) is 11.3 Å². The van der Waals surface area contributed by atoms with E-state index in [9.17, 15) is 4.79 Å². The summed E-state index contributed by atoms with van der Waals surface area (Å²) in [5, 5.41) is 7.23. The summed E-state index contributed by atoms with van der Waals surface area (Å²) in [5.41, 5.74) is 0.877. The Morgan fingerprint density at radius 3 is 2.81 bits per heavy atom. The highest BCUT2D eigenvalue weighted by atomic mass is 35.5. The number of halogens is 2. The largest absolute Gasteiger partial charge is 0.447 e. The molecule has 32 heavy (non-hydrogen) atoms. The number of allylic oxidation sites excluding steroid dienone is 1. The van der Waals surface area contributed by atoms with Gasteiger partial charge in [-0.1, -0.05) is 35.4 Å². The molecule has 170 valence electrons. The molecular formula is C22H24Cl2N4O3S. The van der Waals surface area contributed by atoms with Crippen LogP contribution in [-0.4, -0.2) is 27.7 Å². The van der Waals surface area contributed by atoms with E-state index >= 15 is 0 Å². The Morgan fingerprint density at radius 1 is 1.31 bits per heavy atom. The molecule has 3 aromatic heterocycles. The third-order valence-electron chi connectivity index (χ3n) is 4.96. The van der Waals surface area contributed by atoms with Gasteiger partial charge in [-0.3, -0.25) is 0 Å². The molecule has 10 heteroatoms. The molecule has 3 heterocycles. The van der Waals surface area contributed by atoms with Crippen molar-refractivity contribution in [2.75, 3.05) is 5.32 Å². The van der Waals surface area contributed by atoms with E-state index in [1.807, 2.05) is 20.8 Å². The van der Waals surface area contributed by atoms with Crippen molar-refractivity contribution in [1.29, 1.82) is 0 Å². The molecule has 0 fully saturated rings. The summed E-state index contributed by atoms with van der Waals surface area (Å²) >= 11 is 14.6. The van der Waals surface area contributed by atoms with Crippen molar-refractivity contribution in [2.24, 2.45) is 0 Å². The molecule has 0 aliphatic heterocycles. The number of alkyl carbamates (subject to hydrolysis) is 1. The molecule has 0 radical (unpaired) electrons. The predicted octanol–water partition coefficient (Wildman–Crippen LogP) is 6.53. The highest BCUT2D eigenvalue weighted by Crippen LogP contribution is 2.46. The first-order valence-electron chi connectivity index (χ1n) is 10.3. The van der Waals surface area contributed by atoms with Crippen molar-refractivity contribution >= 4 is 56.5 Å². The van der Waals surface area contributed by atoms with E-state index in [1.165, 1.54) is 6.26 Å². The maximum Gasteiger partial charge on any atom is 0.407 e. The van der Waals surface area contributed by atoms with E-state index < -0.39 is 11.7 Å². The average molecular weight is 495 g/mol. The lowest BCUT2D eigenvalue weighted by Gasteiger charge is -2.30. The molecule has 0 saturated heterocycles. The van der Waals surface area contributed by atoms with Crippen LogP contribution in [0.1, 0.15) is 50.3 Å². The van der Waals surface area contributed by atoms with Crippen LogP contribution in [0.4, 0.5) is 10.5 Å². The molecule has 0 unspecified atom stereocenters. The number of hydrogen-bond donors (Lipinski definition) is 2. The zero-order valence-corrected chi connectivity index (χ0v) is 20.3. The maximum absolute atomic E-state index is 12.4. The molecule has 1 aliphatic rings. The fourth-order valence-corrected chi connectivity index (χ4v) is 5.57. The highest BCUT2D eigenvalue weighted by molar-refractivity contribution is 7.20. The summed E-state index contributed by atoms with van der Waals surface area (Å²) in [5.74, 6) is 0.561. The summed E-state index contributed by atoms with van der Waals surface area (Å²) in [4.78, 5) is 22.0. The second-order valence-corrected chi connectivity index (χ2v) is 10.3. The number of fused-ring (bicyclic) bond motifs is 1. The Balaban J connectivity index is 1.63. The zero-order chi connectivity index (χ0) is 22.9. The molecular weight excluding hydrogens is 471 g/mol. The van der Waals surface area contributed by atoms with Crippen molar-refractivity contribution < 1.29 is 13.9 Å². The van der Waals surface area contributed by atoms with Gasteiger partial charge in [0.05, 0.1) is 28.2 Å². The van der Waals surface area contributed by atoms with Gasteiger partial charge in [0.1, 0.15) is 22.5 Å². The molecule has 1 amide bonds. The molecule has 2 atom stereocenters. The number of carbonyl (C=O) groups excluding carboxylic acids is 1. The number of aromatic nitrogens is 2. The molecule has 0 spiro atoms. The first kappa shape index (κ1) is 22.9. The Bertz CT molecular complexity index is 1140. The van der Waals surface area contributed by atoms with Crippen LogP contribution in [0.5, 0.6) is 0 Å². The van der Waals surface area contributed by atoms with Crippen LogP contribution < -0.4 is 10.6 Å². The zero-order valence-electron chi connectivity index (χ0n) is 17.9. The molecule has 4 rings (SSSR count). The number of hydrogen-bond acceptors (Lipinski definition) is 7. The lowest BCUT2D eigenvalue weighted by molar-refractivity contribution is 0.0496. The van der Waals surface area contributed by atoms with Gasteiger partial charge in [-0.25, -0.2) is 14.8 Å². The van der Waals surface area contributed by atoms with Crippen molar-refractivity contribution in [3.05, 3.63) is 51.6 Å². The average Bonchev–Trinajstić information content (AvgIpc) is 3.34. The van der Waals surface area contributed by atoms with Crippen LogP contribution in [-0.2, 0) is 11.3 Å². The molecule has 0 aromatic carbocycles. The van der Waals surface area contributed by atoms with Gasteiger partial charge in [0.25, 0.3) is 0 Å². The Kier molecular flexibility index (Phi) is 6.65. The molecule has 1 aliphatic carbocycles. The van der Waals surface area contributed by atoms with Crippen LogP contribution >= 0.6 is 34.5 Å². The number of oxazole rings is 1. The fraction of sp³-hybridized carbons (Fsp3) is 0.409. The van der Waals surface area contributed by atoms with Gasteiger partial charge in [0, 0.05) is 22.9 Å². The molecule has 3 aromatic rings. The number of ether oxygens (including phenoxy) is 1. The van der Waals surface area contributed by atoms with E-state index in [0.717, 1.165) is 21.7 Å². The highest BCUT2D eigenvalue weighted by Gasteiger charge is 2.31. The monoisotopic (exact) mass is 494 g/mol. The minimum Gasteiger partial charge on any atom is -0.447 e.